The van der Waals surface area contributed by atoms with Crippen molar-refractivity contribution in [1.29, 1.82) is 0 Å². The molecule has 1 atom stereocenters. The van der Waals surface area contributed by atoms with E-state index in [1.165, 1.54) is 18.2 Å². The van der Waals surface area contributed by atoms with Gasteiger partial charge in [0.05, 0.1) is 24.1 Å². The molecule has 136 valence electrons. The smallest absolute Gasteiger partial charge is 0.273 e. The zero-order valence-electron chi connectivity index (χ0n) is 14.5. The number of carbonyl (C=O) groups is 1. The van der Waals surface area contributed by atoms with E-state index in [9.17, 15) is 14.9 Å². The fraction of sp³-hybridized carbons (Fsp3) is 0.316. The number of nitrogens with zero attached hydrogens (tertiary/aromatic N) is 2. The molecule has 1 saturated heterocycles. The molecule has 2 aromatic carbocycles. The Morgan fingerprint density at radius 3 is 2.77 bits per heavy atom. The van der Waals surface area contributed by atoms with Crippen LogP contribution in [0.2, 0.25) is 0 Å². The van der Waals surface area contributed by atoms with Gasteiger partial charge in [0.15, 0.2) is 6.61 Å². The van der Waals surface area contributed by atoms with Crippen molar-refractivity contribution in [3.05, 3.63) is 64.2 Å². The number of ether oxygens (including phenoxy) is 2. The number of rotatable bonds is 6. The summed E-state index contributed by atoms with van der Waals surface area (Å²) >= 11 is 0. The molecule has 2 aromatic rings. The highest BCUT2D eigenvalue weighted by Crippen LogP contribution is 2.33. The molecule has 0 radical (unpaired) electrons. The summed E-state index contributed by atoms with van der Waals surface area (Å²) in [6, 6.07) is 13.5. The van der Waals surface area contributed by atoms with Gasteiger partial charge in [-0.2, -0.15) is 0 Å². The Balaban J connectivity index is 1.67. The standard InChI is InChI=1S/C19H20N2O5/c1-25-16-7-2-5-14(11-16)18-9-4-10-20(18)19(22)13-26-17-8-3-6-15(12-17)21(23)24/h2-3,5-8,11-12,18H,4,9-10,13H2,1H3. The zero-order valence-corrected chi connectivity index (χ0v) is 14.5. The largest absolute Gasteiger partial charge is 0.497 e. The van der Waals surface area contributed by atoms with Crippen LogP contribution in [-0.4, -0.2) is 36.0 Å². The summed E-state index contributed by atoms with van der Waals surface area (Å²) in [4.78, 5) is 24.7. The second kappa shape index (κ2) is 7.86. The molecular formula is C19H20N2O5. The van der Waals surface area contributed by atoms with Crippen LogP contribution in [0.25, 0.3) is 0 Å². The number of nitro groups is 1. The molecule has 7 nitrogen and oxygen atoms in total. The molecule has 26 heavy (non-hydrogen) atoms. The van der Waals surface area contributed by atoms with Crippen LogP contribution in [0, 0.1) is 10.1 Å². The van der Waals surface area contributed by atoms with Crippen LogP contribution < -0.4 is 9.47 Å². The van der Waals surface area contributed by atoms with E-state index < -0.39 is 4.92 Å². The van der Waals surface area contributed by atoms with Gasteiger partial charge >= 0.3 is 0 Å². The van der Waals surface area contributed by atoms with Gasteiger partial charge in [0.1, 0.15) is 11.5 Å². The molecule has 1 unspecified atom stereocenters. The first-order valence-corrected chi connectivity index (χ1v) is 8.39. The summed E-state index contributed by atoms with van der Waals surface area (Å²) in [5.74, 6) is 0.932. The predicted molar refractivity (Wildman–Crippen MR) is 95.3 cm³/mol. The maximum absolute atomic E-state index is 12.6. The Morgan fingerprint density at radius 1 is 1.23 bits per heavy atom. The molecule has 7 heteroatoms. The lowest BCUT2D eigenvalue weighted by Gasteiger charge is -2.25. The lowest BCUT2D eigenvalue weighted by Crippen LogP contribution is -2.34. The Labute approximate surface area is 151 Å². The van der Waals surface area contributed by atoms with Crippen molar-refractivity contribution in [2.24, 2.45) is 0 Å². The minimum absolute atomic E-state index is 0.00805. The van der Waals surface area contributed by atoms with Crippen molar-refractivity contribution < 1.29 is 19.2 Å². The second-order valence-corrected chi connectivity index (χ2v) is 6.06. The Bertz CT molecular complexity index is 808. The van der Waals surface area contributed by atoms with Crippen molar-refractivity contribution in [2.45, 2.75) is 18.9 Å². The molecule has 1 aliphatic heterocycles. The average molecular weight is 356 g/mol. The number of nitro benzene ring substituents is 1. The maximum Gasteiger partial charge on any atom is 0.273 e. The van der Waals surface area contributed by atoms with Crippen LogP contribution in [0.15, 0.2) is 48.5 Å². The third kappa shape index (κ3) is 3.93. The minimum Gasteiger partial charge on any atom is -0.497 e. The molecule has 0 aliphatic carbocycles. The Morgan fingerprint density at radius 2 is 2.00 bits per heavy atom. The number of hydrogen-bond donors (Lipinski definition) is 0. The van der Waals surface area contributed by atoms with Gasteiger partial charge in [0, 0.05) is 12.6 Å². The lowest BCUT2D eigenvalue weighted by atomic mass is 10.0. The highest BCUT2D eigenvalue weighted by Gasteiger charge is 2.30. The fourth-order valence-electron chi connectivity index (χ4n) is 3.18. The minimum atomic E-state index is -0.492. The number of hydrogen-bond acceptors (Lipinski definition) is 5. The molecule has 1 fully saturated rings. The van der Waals surface area contributed by atoms with E-state index in [1.54, 1.807) is 18.1 Å². The van der Waals surface area contributed by atoms with Crippen LogP contribution in [0.5, 0.6) is 11.5 Å². The highest BCUT2D eigenvalue weighted by atomic mass is 16.6. The summed E-state index contributed by atoms with van der Waals surface area (Å²) in [6.45, 7) is 0.515. The number of amides is 1. The molecule has 0 bridgehead atoms. The third-order valence-corrected chi connectivity index (χ3v) is 4.44. The van der Waals surface area contributed by atoms with Gasteiger partial charge in [0.25, 0.3) is 11.6 Å². The van der Waals surface area contributed by atoms with Crippen molar-refractivity contribution in [1.82, 2.24) is 4.90 Å². The van der Waals surface area contributed by atoms with E-state index in [-0.39, 0.29) is 24.2 Å². The second-order valence-electron chi connectivity index (χ2n) is 6.06. The normalized spacial score (nSPS) is 16.3. The predicted octanol–water partition coefficient (Wildman–Crippen LogP) is 3.35. The Hall–Kier alpha value is -3.09. The average Bonchev–Trinajstić information content (AvgIpc) is 3.16. The van der Waals surface area contributed by atoms with Gasteiger partial charge in [-0.3, -0.25) is 14.9 Å². The SMILES string of the molecule is COc1cccc(C2CCCN2C(=O)COc2cccc([N+](=O)[O-])c2)c1. The number of carbonyl (C=O) groups excluding carboxylic acids is 1. The van der Waals surface area contributed by atoms with Gasteiger partial charge < -0.3 is 14.4 Å². The third-order valence-electron chi connectivity index (χ3n) is 4.44. The molecule has 0 N–H and O–H groups in total. The van der Waals surface area contributed by atoms with E-state index in [2.05, 4.69) is 0 Å². The molecule has 1 heterocycles. The van der Waals surface area contributed by atoms with Crippen molar-refractivity contribution in [3.63, 3.8) is 0 Å². The summed E-state index contributed by atoms with van der Waals surface area (Å²) < 4.78 is 10.7. The van der Waals surface area contributed by atoms with Gasteiger partial charge in [0.2, 0.25) is 0 Å². The van der Waals surface area contributed by atoms with Gasteiger partial charge in [-0.05, 0) is 36.6 Å². The topological polar surface area (TPSA) is 81.9 Å². The van der Waals surface area contributed by atoms with Crippen LogP contribution in [0.4, 0.5) is 5.69 Å². The molecule has 1 aliphatic rings. The van der Waals surface area contributed by atoms with E-state index >= 15 is 0 Å². The van der Waals surface area contributed by atoms with Crippen molar-refractivity contribution in [3.8, 4) is 11.5 Å². The summed E-state index contributed by atoms with van der Waals surface area (Å²) in [5, 5.41) is 10.8. The Kier molecular flexibility index (Phi) is 5.36. The quantitative estimate of drug-likeness (QED) is 0.586. The van der Waals surface area contributed by atoms with Gasteiger partial charge in [-0.25, -0.2) is 0 Å². The number of non-ortho nitro benzene ring substituents is 1. The monoisotopic (exact) mass is 356 g/mol. The first kappa shape index (κ1) is 17.7. The van der Waals surface area contributed by atoms with Crippen LogP contribution >= 0.6 is 0 Å². The van der Waals surface area contributed by atoms with E-state index in [1.807, 2.05) is 24.3 Å². The fourth-order valence-corrected chi connectivity index (χ4v) is 3.18. The molecule has 0 spiro atoms. The first-order valence-electron chi connectivity index (χ1n) is 8.39. The summed E-state index contributed by atoms with van der Waals surface area (Å²) in [6.07, 6.45) is 1.81. The lowest BCUT2D eigenvalue weighted by molar-refractivity contribution is -0.384. The van der Waals surface area contributed by atoms with Crippen molar-refractivity contribution in [2.75, 3.05) is 20.3 Å². The van der Waals surface area contributed by atoms with Crippen molar-refractivity contribution >= 4 is 11.6 Å². The van der Waals surface area contributed by atoms with Crippen LogP contribution in [0.3, 0.4) is 0 Å². The summed E-state index contributed by atoms with van der Waals surface area (Å²) in [7, 11) is 1.61. The maximum atomic E-state index is 12.6. The molecule has 0 aromatic heterocycles. The molecular weight excluding hydrogens is 336 g/mol. The number of methoxy groups -OCH3 is 1. The van der Waals surface area contributed by atoms with E-state index in [0.717, 1.165) is 24.2 Å². The highest BCUT2D eigenvalue weighted by molar-refractivity contribution is 5.78. The molecule has 3 rings (SSSR count). The van der Waals surface area contributed by atoms with Crippen LogP contribution in [-0.2, 0) is 4.79 Å². The zero-order chi connectivity index (χ0) is 18.5. The molecule has 0 saturated carbocycles. The number of likely N-dealkylation sites (tertiary alicyclic amines) is 1. The van der Waals surface area contributed by atoms with E-state index in [4.69, 9.17) is 9.47 Å². The summed E-state index contributed by atoms with van der Waals surface area (Å²) in [5.41, 5.74) is 0.968. The van der Waals surface area contributed by atoms with Gasteiger partial charge in [-0.1, -0.05) is 18.2 Å². The van der Waals surface area contributed by atoms with Crippen LogP contribution in [0.1, 0.15) is 24.4 Å². The first-order chi connectivity index (χ1) is 12.6. The van der Waals surface area contributed by atoms with E-state index in [0.29, 0.717) is 12.3 Å². The van der Waals surface area contributed by atoms with Gasteiger partial charge in [-0.15, -0.1) is 0 Å². The molecule has 1 amide bonds. The number of benzene rings is 2.